The number of guanidine groups is 1. The SMILES string of the molecule is CC(C1CC1)N(C)C(N)=[N+](C)C. The van der Waals surface area contributed by atoms with Gasteiger partial charge in [0.2, 0.25) is 0 Å². The van der Waals surface area contributed by atoms with E-state index in [9.17, 15) is 0 Å². The van der Waals surface area contributed by atoms with Crippen LogP contribution in [0.3, 0.4) is 0 Å². The molecule has 0 aromatic carbocycles. The Hall–Kier alpha value is -0.730. The molecule has 1 unspecified atom stereocenters. The van der Waals surface area contributed by atoms with Gasteiger partial charge in [0.15, 0.2) is 0 Å². The van der Waals surface area contributed by atoms with Crippen LogP contribution in [-0.4, -0.2) is 42.6 Å². The molecule has 1 saturated carbocycles. The van der Waals surface area contributed by atoms with Crippen molar-refractivity contribution in [1.82, 2.24) is 4.90 Å². The first-order valence-corrected chi connectivity index (χ1v) is 4.56. The molecule has 1 aliphatic rings. The molecular weight excluding hydrogens is 150 g/mol. The van der Waals surface area contributed by atoms with Gasteiger partial charge in [-0.15, -0.1) is 0 Å². The molecule has 0 amide bonds. The van der Waals surface area contributed by atoms with E-state index in [1.807, 2.05) is 18.7 Å². The molecule has 1 rings (SSSR count). The van der Waals surface area contributed by atoms with Crippen molar-refractivity contribution in [3.05, 3.63) is 0 Å². The molecule has 0 bridgehead atoms. The van der Waals surface area contributed by atoms with E-state index >= 15 is 0 Å². The van der Waals surface area contributed by atoms with Crippen LogP contribution in [0, 0.1) is 5.92 Å². The van der Waals surface area contributed by atoms with Gasteiger partial charge in [0.05, 0.1) is 27.2 Å². The highest BCUT2D eigenvalue weighted by Gasteiger charge is 2.34. The molecule has 0 saturated heterocycles. The zero-order chi connectivity index (χ0) is 9.30. The molecule has 0 aromatic heterocycles. The molecule has 0 spiro atoms. The molecule has 70 valence electrons. The maximum Gasteiger partial charge on any atom is 0.345 e. The van der Waals surface area contributed by atoms with E-state index in [-0.39, 0.29) is 0 Å². The summed E-state index contributed by atoms with van der Waals surface area (Å²) in [5, 5.41) is 0. The number of hydrogen-bond acceptors (Lipinski definition) is 0. The van der Waals surface area contributed by atoms with Gasteiger partial charge in [-0.2, -0.15) is 0 Å². The minimum absolute atomic E-state index is 0.590. The summed E-state index contributed by atoms with van der Waals surface area (Å²) in [5.41, 5.74) is 5.90. The number of rotatable bonds is 2. The van der Waals surface area contributed by atoms with Gasteiger partial charge >= 0.3 is 5.96 Å². The van der Waals surface area contributed by atoms with Crippen LogP contribution in [-0.2, 0) is 0 Å². The van der Waals surface area contributed by atoms with Crippen LogP contribution >= 0.6 is 0 Å². The van der Waals surface area contributed by atoms with Crippen LogP contribution < -0.4 is 5.73 Å². The summed E-state index contributed by atoms with van der Waals surface area (Å²) < 4.78 is 1.96. The van der Waals surface area contributed by atoms with Gasteiger partial charge in [-0.3, -0.25) is 15.2 Å². The molecule has 0 heterocycles. The van der Waals surface area contributed by atoms with Crippen LogP contribution in [0.4, 0.5) is 0 Å². The number of nitrogens with two attached hydrogens (primary N) is 1. The van der Waals surface area contributed by atoms with E-state index in [1.165, 1.54) is 12.8 Å². The zero-order valence-electron chi connectivity index (χ0n) is 8.54. The van der Waals surface area contributed by atoms with Gasteiger partial charge in [0.25, 0.3) is 0 Å². The van der Waals surface area contributed by atoms with Gasteiger partial charge in [-0.05, 0) is 25.7 Å². The molecule has 0 radical (unpaired) electrons. The minimum atomic E-state index is 0.590. The predicted octanol–water partition coefficient (Wildman–Crippen LogP) is 0.304. The monoisotopic (exact) mass is 170 g/mol. The average Bonchev–Trinajstić information content (AvgIpc) is 2.82. The maximum atomic E-state index is 5.90. The summed E-state index contributed by atoms with van der Waals surface area (Å²) in [6.45, 7) is 2.24. The largest absolute Gasteiger partial charge is 0.345 e. The van der Waals surface area contributed by atoms with Crippen molar-refractivity contribution in [3.63, 3.8) is 0 Å². The summed E-state index contributed by atoms with van der Waals surface area (Å²) in [4.78, 5) is 2.16. The van der Waals surface area contributed by atoms with Crippen LogP contribution in [0.2, 0.25) is 0 Å². The lowest BCUT2D eigenvalue weighted by atomic mass is 10.2. The van der Waals surface area contributed by atoms with Crippen molar-refractivity contribution in [1.29, 1.82) is 0 Å². The van der Waals surface area contributed by atoms with Gasteiger partial charge in [-0.1, -0.05) is 0 Å². The Morgan fingerprint density at radius 2 is 2.00 bits per heavy atom. The molecule has 2 N–H and O–H groups in total. The molecule has 12 heavy (non-hydrogen) atoms. The van der Waals surface area contributed by atoms with E-state index in [4.69, 9.17) is 5.73 Å². The fraction of sp³-hybridized carbons (Fsp3) is 0.889. The number of nitrogens with zero attached hydrogens (tertiary/aromatic N) is 2. The van der Waals surface area contributed by atoms with Crippen LogP contribution in [0.5, 0.6) is 0 Å². The smallest absolute Gasteiger partial charge is 0.291 e. The highest BCUT2D eigenvalue weighted by Crippen LogP contribution is 2.34. The first-order valence-electron chi connectivity index (χ1n) is 4.56. The van der Waals surface area contributed by atoms with Crippen molar-refractivity contribution in [2.24, 2.45) is 11.7 Å². The van der Waals surface area contributed by atoms with Crippen molar-refractivity contribution in [3.8, 4) is 0 Å². The molecule has 0 aliphatic heterocycles. The fourth-order valence-electron chi connectivity index (χ4n) is 1.42. The molecule has 1 fully saturated rings. The van der Waals surface area contributed by atoms with Crippen molar-refractivity contribution < 1.29 is 4.58 Å². The van der Waals surface area contributed by atoms with Gasteiger partial charge in [0.1, 0.15) is 0 Å². The predicted molar refractivity (Wildman–Crippen MR) is 51.3 cm³/mol. The molecule has 3 heteroatoms. The highest BCUT2D eigenvalue weighted by molar-refractivity contribution is 5.72. The summed E-state index contributed by atoms with van der Waals surface area (Å²) in [6, 6.07) is 0.590. The second-order valence-electron chi connectivity index (χ2n) is 3.94. The maximum absolute atomic E-state index is 5.90. The van der Waals surface area contributed by atoms with E-state index in [0.29, 0.717) is 6.04 Å². The Balaban J connectivity index is 2.56. The second-order valence-corrected chi connectivity index (χ2v) is 3.94. The van der Waals surface area contributed by atoms with Crippen molar-refractivity contribution in [2.75, 3.05) is 21.1 Å². The topological polar surface area (TPSA) is 32.3 Å². The summed E-state index contributed by atoms with van der Waals surface area (Å²) >= 11 is 0. The van der Waals surface area contributed by atoms with Crippen molar-refractivity contribution in [2.45, 2.75) is 25.8 Å². The van der Waals surface area contributed by atoms with Gasteiger partial charge < -0.3 is 0 Å². The van der Waals surface area contributed by atoms with E-state index in [1.54, 1.807) is 0 Å². The molecule has 3 nitrogen and oxygen atoms in total. The van der Waals surface area contributed by atoms with E-state index < -0.39 is 0 Å². The minimum Gasteiger partial charge on any atom is -0.291 e. The van der Waals surface area contributed by atoms with Crippen LogP contribution in [0.1, 0.15) is 19.8 Å². The third-order valence-electron chi connectivity index (χ3n) is 2.73. The molecule has 0 aromatic rings. The Kier molecular flexibility index (Phi) is 2.60. The standard InChI is InChI=1S/C9H19N3/c1-7(8-5-6-8)12(4)9(10)11(2)3/h7-8,10H,5-6H2,1-4H3/p+1. The van der Waals surface area contributed by atoms with Crippen molar-refractivity contribution >= 4 is 5.96 Å². The van der Waals surface area contributed by atoms with Crippen LogP contribution in [0.15, 0.2) is 0 Å². The Morgan fingerprint density at radius 1 is 1.50 bits per heavy atom. The quantitative estimate of drug-likeness (QED) is 0.367. The Labute approximate surface area is 74.9 Å². The lowest BCUT2D eigenvalue weighted by Gasteiger charge is -2.20. The fourth-order valence-corrected chi connectivity index (χ4v) is 1.42. The van der Waals surface area contributed by atoms with Crippen LogP contribution in [0.25, 0.3) is 0 Å². The third kappa shape index (κ3) is 1.90. The lowest BCUT2D eigenvalue weighted by Crippen LogP contribution is -2.45. The van der Waals surface area contributed by atoms with E-state index in [2.05, 4.69) is 18.9 Å². The zero-order valence-corrected chi connectivity index (χ0v) is 8.54. The normalized spacial score (nSPS) is 18.7. The molecule has 1 atom stereocenters. The lowest BCUT2D eigenvalue weighted by molar-refractivity contribution is -0.471. The first-order chi connectivity index (χ1) is 5.54. The van der Waals surface area contributed by atoms with E-state index in [0.717, 1.165) is 11.9 Å². The highest BCUT2D eigenvalue weighted by atomic mass is 15.3. The second kappa shape index (κ2) is 3.33. The summed E-state index contributed by atoms with van der Waals surface area (Å²) in [6.07, 6.45) is 2.73. The summed E-state index contributed by atoms with van der Waals surface area (Å²) in [7, 11) is 6.02. The van der Waals surface area contributed by atoms with Gasteiger partial charge in [0, 0.05) is 0 Å². The first kappa shape index (κ1) is 9.36. The Morgan fingerprint density at radius 3 is 2.33 bits per heavy atom. The summed E-state index contributed by atoms with van der Waals surface area (Å²) in [5.74, 6) is 1.72. The van der Waals surface area contributed by atoms with Gasteiger partial charge in [-0.25, -0.2) is 0 Å². The third-order valence-corrected chi connectivity index (χ3v) is 2.73. The number of hydrogen-bond donors (Lipinski definition) is 1. The Bertz CT molecular complexity index is 190. The molecule has 1 aliphatic carbocycles. The molecular formula is C9H20N3+. The average molecular weight is 170 g/mol.